The monoisotopic (exact) mass is 419 g/mol. The molecule has 0 aromatic heterocycles. The zero-order valence-corrected chi connectivity index (χ0v) is 18.0. The van der Waals surface area contributed by atoms with Crippen molar-refractivity contribution in [1.29, 1.82) is 0 Å². The fraction of sp³-hybridized carbons (Fsp3) is 0.423. The van der Waals surface area contributed by atoms with E-state index in [4.69, 9.17) is 9.47 Å². The lowest BCUT2D eigenvalue weighted by Crippen LogP contribution is -3.13. The first-order valence-corrected chi connectivity index (χ1v) is 11.5. The molecule has 0 bridgehead atoms. The maximum absolute atomic E-state index is 13.2. The summed E-state index contributed by atoms with van der Waals surface area (Å²) in [6, 6.07) is 16.9. The highest BCUT2D eigenvalue weighted by atomic mass is 16.5. The lowest BCUT2D eigenvalue weighted by atomic mass is 9.99. The second-order valence-electron chi connectivity index (χ2n) is 8.73. The van der Waals surface area contributed by atoms with Crippen LogP contribution in [0, 0.1) is 0 Å². The maximum atomic E-state index is 13.2. The van der Waals surface area contributed by atoms with Crippen LogP contribution >= 0.6 is 0 Å². The summed E-state index contributed by atoms with van der Waals surface area (Å²) in [5.41, 5.74) is 3.87. The van der Waals surface area contributed by atoms with Gasteiger partial charge in [-0.05, 0) is 47.8 Å². The van der Waals surface area contributed by atoms with Gasteiger partial charge in [0.15, 0.2) is 18.0 Å². The van der Waals surface area contributed by atoms with Gasteiger partial charge in [0.25, 0.3) is 5.91 Å². The fourth-order valence-electron chi connectivity index (χ4n) is 4.97. The Balaban J connectivity index is 1.24. The predicted octanol–water partition coefficient (Wildman–Crippen LogP) is 2.88. The number of benzene rings is 2. The van der Waals surface area contributed by atoms with E-state index in [0.29, 0.717) is 19.8 Å². The van der Waals surface area contributed by atoms with Crippen LogP contribution in [0.3, 0.4) is 0 Å². The largest absolute Gasteiger partial charge is 0.490 e. The molecule has 1 N–H and O–H groups in total. The zero-order chi connectivity index (χ0) is 21.0. The molecule has 2 aromatic rings. The van der Waals surface area contributed by atoms with Crippen molar-refractivity contribution >= 4 is 11.5 Å². The van der Waals surface area contributed by atoms with E-state index in [-0.39, 0.29) is 11.9 Å². The molecule has 0 spiro atoms. The quantitative estimate of drug-likeness (QED) is 0.829. The van der Waals surface area contributed by atoms with E-state index in [2.05, 4.69) is 53.4 Å². The van der Waals surface area contributed by atoms with Crippen molar-refractivity contribution in [3.05, 3.63) is 65.7 Å². The molecule has 31 heavy (non-hydrogen) atoms. The summed E-state index contributed by atoms with van der Waals surface area (Å²) in [5.74, 6) is 1.89. The molecule has 0 saturated carbocycles. The first-order valence-electron chi connectivity index (χ1n) is 11.5. The normalized spacial score (nSPS) is 23.2. The van der Waals surface area contributed by atoms with E-state index < -0.39 is 0 Å². The molecule has 162 valence electrons. The van der Waals surface area contributed by atoms with Crippen LogP contribution in [0.25, 0.3) is 5.57 Å². The number of ether oxygens (including phenoxy) is 2. The molecular weight excluding hydrogens is 388 g/mol. The van der Waals surface area contributed by atoms with E-state index in [1.165, 1.54) is 16.0 Å². The second kappa shape index (κ2) is 9.15. The van der Waals surface area contributed by atoms with Crippen LogP contribution in [0.5, 0.6) is 11.5 Å². The topological polar surface area (TPSA) is 43.2 Å². The van der Waals surface area contributed by atoms with Crippen molar-refractivity contribution in [3.8, 4) is 11.5 Å². The minimum atomic E-state index is 0.143. The Labute approximate surface area is 184 Å². The van der Waals surface area contributed by atoms with E-state index in [1.807, 2.05) is 6.07 Å². The van der Waals surface area contributed by atoms with Gasteiger partial charge in [0, 0.05) is 19.4 Å². The summed E-state index contributed by atoms with van der Waals surface area (Å²) < 4.78 is 11.6. The van der Waals surface area contributed by atoms with Crippen molar-refractivity contribution < 1.29 is 19.2 Å². The molecule has 3 heterocycles. The van der Waals surface area contributed by atoms with E-state index >= 15 is 0 Å². The number of likely N-dealkylation sites (tertiary alicyclic amines) is 1. The summed E-state index contributed by atoms with van der Waals surface area (Å²) in [6.45, 7) is 4.71. The third-order valence-corrected chi connectivity index (χ3v) is 6.66. The number of amides is 1. The lowest BCUT2D eigenvalue weighted by Gasteiger charge is -2.29. The van der Waals surface area contributed by atoms with Crippen LogP contribution in [0.15, 0.2) is 54.6 Å². The summed E-state index contributed by atoms with van der Waals surface area (Å²) in [5, 5.41) is 0. The summed E-state index contributed by atoms with van der Waals surface area (Å²) in [4.78, 5) is 16.7. The van der Waals surface area contributed by atoms with Gasteiger partial charge in [-0.3, -0.25) is 4.79 Å². The number of carbonyl (C=O) groups is 1. The number of quaternary nitrogens is 1. The van der Waals surface area contributed by atoms with Gasteiger partial charge >= 0.3 is 0 Å². The van der Waals surface area contributed by atoms with Crippen LogP contribution in [0.1, 0.15) is 42.9 Å². The Morgan fingerprint density at radius 2 is 1.87 bits per heavy atom. The number of nitrogens with one attached hydrogen (secondary N) is 1. The number of hydrogen-bond acceptors (Lipinski definition) is 3. The standard InChI is InChI=1S/C26H30N2O3/c29-26(19-27-14-11-21(12-15-27)20-6-2-1-3-7-20)28-13-4-8-23(28)22-9-10-24-25(18-22)31-17-5-16-30-24/h1-3,6-7,9-11,18,23H,4-5,8,12-17,19H2/p+1/t23-/m1/s1. The molecule has 1 fully saturated rings. The van der Waals surface area contributed by atoms with E-state index in [9.17, 15) is 4.79 Å². The van der Waals surface area contributed by atoms with Gasteiger partial charge in [-0.25, -0.2) is 0 Å². The SMILES string of the molecule is O=C(C[NH+]1CC=C(c2ccccc2)CC1)N1CCC[C@@H]1c1ccc2c(c1)OCCCO2. The van der Waals surface area contributed by atoms with Crippen molar-refractivity contribution in [1.82, 2.24) is 4.90 Å². The Morgan fingerprint density at radius 1 is 1.03 bits per heavy atom. The number of nitrogens with zero attached hydrogens (tertiary/aromatic N) is 1. The van der Waals surface area contributed by atoms with Crippen LogP contribution in [0.2, 0.25) is 0 Å². The Morgan fingerprint density at radius 3 is 2.68 bits per heavy atom. The highest BCUT2D eigenvalue weighted by molar-refractivity contribution is 5.78. The average molecular weight is 420 g/mol. The minimum absolute atomic E-state index is 0.143. The van der Waals surface area contributed by atoms with Gasteiger partial charge in [-0.15, -0.1) is 0 Å². The molecule has 0 radical (unpaired) electrons. The molecule has 2 aromatic carbocycles. The molecule has 0 aliphatic carbocycles. The van der Waals surface area contributed by atoms with Crippen molar-refractivity contribution in [2.75, 3.05) is 39.4 Å². The van der Waals surface area contributed by atoms with E-state index in [1.54, 1.807) is 0 Å². The number of carbonyl (C=O) groups excluding carboxylic acids is 1. The van der Waals surface area contributed by atoms with Gasteiger partial charge in [0.2, 0.25) is 0 Å². The zero-order valence-electron chi connectivity index (χ0n) is 18.0. The molecular formula is C26H31N2O3+. The number of fused-ring (bicyclic) bond motifs is 1. The third-order valence-electron chi connectivity index (χ3n) is 6.66. The van der Waals surface area contributed by atoms with Crippen molar-refractivity contribution in [2.24, 2.45) is 0 Å². The van der Waals surface area contributed by atoms with Gasteiger partial charge in [0.1, 0.15) is 0 Å². The summed E-state index contributed by atoms with van der Waals surface area (Å²) >= 11 is 0. The molecule has 5 rings (SSSR count). The van der Waals surface area contributed by atoms with Gasteiger partial charge in [-0.1, -0.05) is 36.4 Å². The van der Waals surface area contributed by atoms with Crippen LogP contribution in [-0.2, 0) is 4.79 Å². The van der Waals surface area contributed by atoms with Crippen LogP contribution in [0.4, 0.5) is 0 Å². The molecule has 1 amide bonds. The molecule has 1 saturated heterocycles. The number of hydrogen-bond donors (Lipinski definition) is 1. The second-order valence-corrected chi connectivity index (χ2v) is 8.73. The summed E-state index contributed by atoms with van der Waals surface area (Å²) in [6.07, 6.45) is 6.30. The Bertz CT molecular complexity index is 956. The predicted molar refractivity (Wildman–Crippen MR) is 120 cm³/mol. The minimum Gasteiger partial charge on any atom is -0.490 e. The van der Waals surface area contributed by atoms with Crippen molar-refractivity contribution in [3.63, 3.8) is 0 Å². The lowest BCUT2D eigenvalue weighted by molar-refractivity contribution is -0.887. The molecule has 1 unspecified atom stereocenters. The molecule has 5 heteroatoms. The van der Waals surface area contributed by atoms with Crippen LogP contribution in [-0.4, -0.2) is 50.2 Å². The van der Waals surface area contributed by atoms with Crippen LogP contribution < -0.4 is 14.4 Å². The molecule has 3 aliphatic heterocycles. The molecule has 2 atom stereocenters. The first kappa shape index (κ1) is 20.1. The maximum Gasteiger partial charge on any atom is 0.278 e. The summed E-state index contributed by atoms with van der Waals surface area (Å²) in [7, 11) is 0. The van der Waals surface area contributed by atoms with Gasteiger partial charge in [0.05, 0.1) is 32.3 Å². The number of rotatable bonds is 4. The Kier molecular flexibility index (Phi) is 5.94. The van der Waals surface area contributed by atoms with E-state index in [0.717, 1.165) is 62.4 Å². The first-order chi connectivity index (χ1) is 15.3. The highest BCUT2D eigenvalue weighted by Gasteiger charge is 2.33. The third kappa shape index (κ3) is 4.47. The van der Waals surface area contributed by atoms with Gasteiger partial charge in [-0.2, -0.15) is 0 Å². The molecule has 5 nitrogen and oxygen atoms in total. The Hall–Kier alpha value is -2.79. The fourth-order valence-corrected chi connectivity index (χ4v) is 4.97. The molecule has 3 aliphatic rings. The average Bonchev–Trinajstić information content (AvgIpc) is 3.19. The smallest absolute Gasteiger partial charge is 0.278 e. The van der Waals surface area contributed by atoms with Gasteiger partial charge < -0.3 is 19.3 Å². The van der Waals surface area contributed by atoms with Crippen molar-refractivity contribution in [2.45, 2.75) is 31.7 Å². The highest BCUT2D eigenvalue weighted by Crippen LogP contribution is 2.37.